The van der Waals surface area contributed by atoms with Crippen LogP contribution >= 0.6 is 23.2 Å². The molecule has 0 saturated carbocycles. The van der Waals surface area contributed by atoms with Gasteiger partial charge in [-0.3, -0.25) is 4.79 Å². The Kier molecular flexibility index (Phi) is 8.02. The van der Waals surface area contributed by atoms with E-state index in [0.717, 1.165) is 11.1 Å². The number of nitrogens with one attached hydrogen (secondary N) is 1. The third-order valence-electron chi connectivity index (χ3n) is 4.70. The molecule has 0 aliphatic carbocycles. The van der Waals surface area contributed by atoms with Crippen LogP contribution < -0.4 is 14.8 Å². The lowest BCUT2D eigenvalue weighted by Gasteiger charge is -2.19. The van der Waals surface area contributed by atoms with Crippen LogP contribution in [0, 0.1) is 12.3 Å². The van der Waals surface area contributed by atoms with Crippen molar-refractivity contribution in [3.05, 3.63) is 76.3 Å². The van der Waals surface area contributed by atoms with Crippen molar-refractivity contribution in [3.8, 4) is 35.0 Å². The Morgan fingerprint density at radius 2 is 1.75 bits per heavy atom. The quantitative estimate of drug-likeness (QED) is 0.410. The molecule has 1 amide bonds. The highest BCUT2D eigenvalue weighted by Gasteiger charge is 2.23. The fraction of sp³-hybridized carbons (Fsp3) is 0.160. The molecule has 7 heteroatoms. The van der Waals surface area contributed by atoms with E-state index < -0.39 is 12.0 Å². The molecular weight excluding hydrogens is 449 g/mol. The molecule has 1 unspecified atom stereocenters. The lowest BCUT2D eigenvalue weighted by molar-refractivity contribution is -0.126. The van der Waals surface area contributed by atoms with Crippen molar-refractivity contribution in [2.75, 3.05) is 26.1 Å². The topological polar surface area (TPSA) is 56.8 Å². The van der Waals surface area contributed by atoms with Gasteiger partial charge >= 0.3 is 0 Å². The number of anilines is 1. The van der Waals surface area contributed by atoms with E-state index in [1.165, 1.54) is 0 Å². The number of amides is 1. The third kappa shape index (κ3) is 5.35. The predicted molar refractivity (Wildman–Crippen MR) is 128 cm³/mol. The number of benzene rings is 3. The van der Waals surface area contributed by atoms with Gasteiger partial charge in [0.1, 0.15) is 6.61 Å². The molecule has 164 valence electrons. The van der Waals surface area contributed by atoms with Gasteiger partial charge in [-0.1, -0.05) is 59.5 Å². The zero-order valence-corrected chi connectivity index (χ0v) is 19.0. The molecule has 0 spiro atoms. The highest BCUT2D eigenvalue weighted by Crippen LogP contribution is 2.36. The lowest BCUT2D eigenvalue weighted by Crippen LogP contribution is -2.24. The average molecular weight is 470 g/mol. The molecule has 0 aliphatic heterocycles. The van der Waals surface area contributed by atoms with Crippen molar-refractivity contribution < 1.29 is 19.0 Å². The van der Waals surface area contributed by atoms with Crippen molar-refractivity contribution in [1.82, 2.24) is 0 Å². The molecule has 3 aromatic rings. The number of carbonyl (C=O) groups is 1. The van der Waals surface area contributed by atoms with Gasteiger partial charge in [0.15, 0.2) is 17.6 Å². The standard InChI is InChI=1S/C25H21Cl2NO4/c1-4-13-32-24(17-9-11-19(26)20(27)14-17)25(29)28-21-8-6-5-7-18(21)16-10-12-22(30-2)23(15-16)31-3/h1,5-12,14-15,24H,13H2,2-3H3,(H,28,29). The van der Waals surface area contributed by atoms with Crippen molar-refractivity contribution >= 4 is 34.8 Å². The molecule has 1 N–H and O–H groups in total. The van der Waals surface area contributed by atoms with Crippen LogP contribution in [-0.2, 0) is 9.53 Å². The Morgan fingerprint density at radius 3 is 2.44 bits per heavy atom. The van der Waals surface area contributed by atoms with Crippen molar-refractivity contribution in [1.29, 1.82) is 0 Å². The van der Waals surface area contributed by atoms with E-state index in [2.05, 4.69) is 11.2 Å². The highest BCUT2D eigenvalue weighted by molar-refractivity contribution is 6.42. The number of methoxy groups -OCH3 is 2. The summed E-state index contributed by atoms with van der Waals surface area (Å²) in [4.78, 5) is 13.2. The van der Waals surface area contributed by atoms with Gasteiger partial charge in [-0.15, -0.1) is 6.42 Å². The van der Waals surface area contributed by atoms with Gasteiger partial charge in [0.05, 0.1) is 24.3 Å². The number of para-hydroxylation sites is 1. The van der Waals surface area contributed by atoms with Crippen LogP contribution in [-0.4, -0.2) is 26.7 Å². The number of halogens is 2. The number of hydrogen-bond donors (Lipinski definition) is 1. The zero-order chi connectivity index (χ0) is 23.1. The van der Waals surface area contributed by atoms with E-state index in [9.17, 15) is 4.79 Å². The number of hydrogen-bond acceptors (Lipinski definition) is 4. The van der Waals surface area contributed by atoms with Crippen LogP contribution in [0.3, 0.4) is 0 Å². The molecule has 0 saturated heterocycles. The molecule has 0 fully saturated rings. The third-order valence-corrected chi connectivity index (χ3v) is 5.44. The normalized spacial score (nSPS) is 11.3. The Hall–Kier alpha value is -3.17. The van der Waals surface area contributed by atoms with Crippen LogP contribution in [0.25, 0.3) is 11.1 Å². The first kappa shape index (κ1) is 23.5. The lowest BCUT2D eigenvalue weighted by atomic mass is 10.0. The molecule has 5 nitrogen and oxygen atoms in total. The molecule has 0 aliphatic rings. The van der Waals surface area contributed by atoms with E-state index >= 15 is 0 Å². The summed E-state index contributed by atoms with van der Waals surface area (Å²) in [5.41, 5.74) is 2.77. The first-order valence-corrected chi connectivity index (χ1v) is 10.4. The fourth-order valence-electron chi connectivity index (χ4n) is 3.18. The summed E-state index contributed by atoms with van der Waals surface area (Å²) in [5, 5.41) is 3.63. The Balaban J connectivity index is 1.94. The second-order valence-corrected chi connectivity index (χ2v) is 7.49. The van der Waals surface area contributed by atoms with Crippen molar-refractivity contribution in [3.63, 3.8) is 0 Å². The maximum atomic E-state index is 13.2. The minimum Gasteiger partial charge on any atom is -0.493 e. The molecule has 0 heterocycles. The summed E-state index contributed by atoms with van der Waals surface area (Å²) < 4.78 is 16.3. The van der Waals surface area contributed by atoms with Crippen molar-refractivity contribution in [2.24, 2.45) is 0 Å². The smallest absolute Gasteiger partial charge is 0.258 e. The minimum atomic E-state index is -0.973. The molecule has 0 aromatic heterocycles. The molecule has 32 heavy (non-hydrogen) atoms. The number of rotatable bonds is 8. The summed E-state index contributed by atoms with van der Waals surface area (Å²) in [5.74, 6) is 3.18. The Labute approximate surface area is 197 Å². The van der Waals surface area contributed by atoms with Gasteiger partial charge in [-0.25, -0.2) is 0 Å². The summed E-state index contributed by atoms with van der Waals surface area (Å²) in [6.07, 6.45) is 4.36. The summed E-state index contributed by atoms with van der Waals surface area (Å²) >= 11 is 12.1. The first-order valence-electron chi connectivity index (χ1n) is 9.60. The van der Waals surface area contributed by atoms with E-state index in [1.54, 1.807) is 44.6 Å². The van der Waals surface area contributed by atoms with Crippen molar-refractivity contribution in [2.45, 2.75) is 6.10 Å². The van der Waals surface area contributed by atoms with E-state index in [1.807, 2.05) is 30.3 Å². The fourth-order valence-corrected chi connectivity index (χ4v) is 3.48. The maximum absolute atomic E-state index is 13.2. The predicted octanol–water partition coefficient (Wildman–Crippen LogP) is 6.01. The second-order valence-electron chi connectivity index (χ2n) is 6.67. The largest absolute Gasteiger partial charge is 0.493 e. The van der Waals surface area contributed by atoms with Gasteiger partial charge < -0.3 is 19.5 Å². The number of terminal acetylenes is 1. The number of carbonyl (C=O) groups excluding carboxylic acids is 1. The van der Waals surface area contributed by atoms with Crippen LogP contribution in [0.2, 0.25) is 10.0 Å². The van der Waals surface area contributed by atoms with Gasteiger partial charge in [-0.2, -0.15) is 0 Å². The zero-order valence-electron chi connectivity index (χ0n) is 17.5. The molecule has 3 aromatic carbocycles. The Bertz CT molecular complexity index is 1160. The summed E-state index contributed by atoms with van der Waals surface area (Å²) in [6, 6.07) is 17.8. The van der Waals surface area contributed by atoms with Gasteiger partial charge in [-0.05, 0) is 41.5 Å². The molecular formula is C25H21Cl2NO4. The summed E-state index contributed by atoms with van der Waals surface area (Å²) in [7, 11) is 3.14. The van der Waals surface area contributed by atoms with Crippen LogP contribution in [0.1, 0.15) is 11.7 Å². The van der Waals surface area contributed by atoms with Crippen LogP contribution in [0.5, 0.6) is 11.5 Å². The van der Waals surface area contributed by atoms with Gasteiger partial charge in [0.2, 0.25) is 0 Å². The Morgan fingerprint density at radius 1 is 1.00 bits per heavy atom. The van der Waals surface area contributed by atoms with Crippen LogP contribution in [0.4, 0.5) is 5.69 Å². The summed E-state index contributed by atoms with van der Waals surface area (Å²) in [6.45, 7) is -0.0460. The first-order chi connectivity index (χ1) is 15.5. The van der Waals surface area contributed by atoms with Crippen LogP contribution in [0.15, 0.2) is 60.7 Å². The van der Waals surface area contributed by atoms with E-state index in [-0.39, 0.29) is 6.61 Å². The molecule has 1 atom stereocenters. The average Bonchev–Trinajstić information content (AvgIpc) is 2.81. The molecule has 3 rings (SSSR count). The molecule has 0 bridgehead atoms. The van der Waals surface area contributed by atoms with E-state index in [4.69, 9.17) is 43.8 Å². The monoisotopic (exact) mass is 469 g/mol. The van der Waals surface area contributed by atoms with E-state index in [0.29, 0.717) is 32.8 Å². The second kappa shape index (κ2) is 10.9. The van der Waals surface area contributed by atoms with Gasteiger partial charge in [0.25, 0.3) is 5.91 Å². The SMILES string of the molecule is C#CCOC(C(=O)Nc1ccccc1-c1ccc(OC)c(OC)c1)c1ccc(Cl)c(Cl)c1. The van der Waals surface area contributed by atoms with Gasteiger partial charge in [0, 0.05) is 11.3 Å². The highest BCUT2D eigenvalue weighted by atomic mass is 35.5. The maximum Gasteiger partial charge on any atom is 0.258 e. The number of ether oxygens (including phenoxy) is 3. The minimum absolute atomic E-state index is 0.0460. The molecule has 0 radical (unpaired) electrons.